The maximum atomic E-state index is 12.4. The fourth-order valence-electron chi connectivity index (χ4n) is 2.06. The third-order valence-corrected chi connectivity index (χ3v) is 3.66. The molecule has 0 bridgehead atoms. The zero-order valence-electron chi connectivity index (χ0n) is 13.4. The molecule has 0 saturated heterocycles. The molecule has 1 N–H and O–H groups in total. The van der Waals surface area contributed by atoms with Crippen LogP contribution in [0.25, 0.3) is 0 Å². The highest BCUT2D eigenvalue weighted by molar-refractivity contribution is 6.33. The van der Waals surface area contributed by atoms with Crippen molar-refractivity contribution in [2.75, 3.05) is 12.4 Å². The number of carbonyl (C=O) groups is 2. The van der Waals surface area contributed by atoms with Crippen molar-refractivity contribution in [3.63, 3.8) is 0 Å². The number of methoxy groups -OCH3 is 1. The molecular formula is C18H18ClNO4. The van der Waals surface area contributed by atoms with Crippen molar-refractivity contribution in [2.24, 2.45) is 0 Å². The Bertz CT molecular complexity index is 718. The average Bonchev–Trinajstić information content (AvgIpc) is 2.61. The Labute approximate surface area is 145 Å². The third kappa shape index (κ3) is 4.49. The Hall–Kier alpha value is -2.53. The minimum absolute atomic E-state index is 0.300. The smallest absolute Gasteiger partial charge is 0.337 e. The molecule has 0 saturated carbocycles. The van der Waals surface area contributed by atoms with Gasteiger partial charge in [0.25, 0.3) is 5.91 Å². The number of hydrogen-bond acceptors (Lipinski definition) is 4. The molecule has 0 heterocycles. The molecule has 1 amide bonds. The van der Waals surface area contributed by atoms with E-state index in [1.807, 2.05) is 25.1 Å². The number of para-hydroxylation sites is 1. The van der Waals surface area contributed by atoms with Gasteiger partial charge in [-0.05, 0) is 36.8 Å². The van der Waals surface area contributed by atoms with Gasteiger partial charge >= 0.3 is 5.97 Å². The van der Waals surface area contributed by atoms with Gasteiger partial charge in [-0.25, -0.2) is 4.79 Å². The van der Waals surface area contributed by atoms with E-state index in [0.29, 0.717) is 28.4 Å². The standard InChI is InChI=1S/C18H18ClNO4/c1-3-16(24-13-7-5-4-6-8-13)17(21)20-15-11-12(18(22)23-2)9-10-14(15)19/h4-11,16H,3H2,1-2H3,(H,20,21)/t16-/m0/s1. The number of anilines is 1. The number of nitrogens with one attached hydrogen (secondary N) is 1. The van der Waals surface area contributed by atoms with E-state index in [-0.39, 0.29) is 5.91 Å². The van der Waals surface area contributed by atoms with Crippen molar-refractivity contribution in [2.45, 2.75) is 19.4 Å². The van der Waals surface area contributed by atoms with E-state index in [1.54, 1.807) is 12.1 Å². The van der Waals surface area contributed by atoms with E-state index in [4.69, 9.17) is 16.3 Å². The van der Waals surface area contributed by atoms with Crippen LogP contribution >= 0.6 is 11.6 Å². The van der Waals surface area contributed by atoms with Crippen molar-refractivity contribution in [1.82, 2.24) is 0 Å². The molecule has 2 aromatic carbocycles. The van der Waals surface area contributed by atoms with Crippen LogP contribution in [-0.4, -0.2) is 25.1 Å². The largest absolute Gasteiger partial charge is 0.481 e. The van der Waals surface area contributed by atoms with Crippen molar-refractivity contribution >= 4 is 29.2 Å². The number of esters is 1. The van der Waals surface area contributed by atoms with Crippen molar-refractivity contribution < 1.29 is 19.1 Å². The molecule has 0 spiro atoms. The minimum atomic E-state index is -0.676. The first kappa shape index (κ1) is 17.8. The van der Waals surface area contributed by atoms with Gasteiger partial charge in [-0.15, -0.1) is 0 Å². The molecular weight excluding hydrogens is 330 g/mol. The number of amides is 1. The van der Waals surface area contributed by atoms with Gasteiger partial charge in [0, 0.05) is 0 Å². The molecule has 0 aromatic heterocycles. The summed E-state index contributed by atoms with van der Waals surface area (Å²) in [6, 6.07) is 13.6. The molecule has 2 aromatic rings. The van der Waals surface area contributed by atoms with E-state index in [1.165, 1.54) is 25.3 Å². The van der Waals surface area contributed by atoms with Crippen LogP contribution in [0.1, 0.15) is 23.7 Å². The Kier molecular flexibility index (Phi) is 6.21. The number of benzene rings is 2. The van der Waals surface area contributed by atoms with Crippen LogP contribution < -0.4 is 10.1 Å². The maximum absolute atomic E-state index is 12.4. The summed E-state index contributed by atoms with van der Waals surface area (Å²) in [4.78, 5) is 24.0. The predicted molar refractivity (Wildman–Crippen MR) is 92.6 cm³/mol. The van der Waals surface area contributed by atoms with E-state index in [2.05, 4.69) is 10.1 Å². The molecule has 6 heteroatoms. The van der Waals surface area contributed by atoms with Crippen molar-refractivity contribution in [3.05, 3.63) is 59.1 Å². The average molecular weight is 348 g/mol. The van der Waals surface area contributed by atoms with Crippen LogP contribution in [0.3, 0.4) is 0 Å². The van der Waals surface area contributed by atoms with Crippen LogP contribution in [0.5, 0.6) is 5.75 Å². The summed E-state index contributed by atoms with van der Waals surface area (Å²) >= 11 is 6.09. The highest BCUT2D eigenvalue weighted by Gasteiger charge is 2.20. The van der Waals surface area contributed by atoms with Gasteiger partial charge in [-0.1, -0.05) is 36.7 Å². The minimum Gasteiger partial charge on any atom is -0.481 e. The number of carbonyl (C=O) groups excluding carboxylic acids is 2. The van der Waals surface area contributed by atoms with Gasteiger partial charge in [0.05, 0.1) is 23.4 Å². The fourth-order valence-corrected chi connectivity index (χ4v) is 2.23. The molecule has 0 unspecified atom stereocenters. The Balaban J connectivity index is 2.13. The summed E-state index contributed by atoms with van der Waals surface area (Å²) in [5.41, 5.74) is 0.633. The molecule has 0 aliphatic heterocycles. The summed E-state index contributed by atoms with van der Waals surface area (Å²) in [7, 11) is 1.29. The zero-order valence-corrected chi connectivity index (χ0v) is 14.2. The number of ether oxygens (including phenoxy) is 2. The van der Waals surface area contributed by atoms with Gasteiger partial charge in [-0.2, -0.15) is 0 Å². The lowest BCUT2D eigenvalue weighted by atomic mass is 10.2. The fraction of sp³-hybridized carbons (Fsp3) is 0.222. The molecule has 2 rings (SSSR count). The Morgan fingerprint density at radius 1 is 1.17 bits per heavy atom. The first-order chi connectivity index (χ1) is 11.5. The summed E-state index contributed by atoms with van der Waals surface area (Å²) < 4.78 is 10.4. The van der Waals surface area contributed by atoms with Crippen LogP contribution in [-0.2, 0) is 9.53 Å². The third-order valence-electron chi connectivity index (χ3n) is 3.33. The van der Waals surface area contributed by atoms with E-state index in [9.17, 15) is 9.59 Å². The highest BCUT2D eigenvalue weighted by atomic mass is 35.5. The monoisotopic (exact) mass is 347 g/mol. The molecule has 0 aliphatic carbocycles. The van der Waals surface area contributed by atoms with Gasteiger partial charge < -0.3 is 14.8 Å². The molecule has 0 radical (unpaired) electrons. The topological polar surface area (TPSA) is 64.6 Å². The van der Waals surface area contributed by atoms with E-state index >= 15 is 0 Å². The summed E-state index contributed by atoms with van der Waals surface area (Å²) in [6.07, 6.45) is -0.195. The Morgan fingerprint density at radius 3 is 2.50 bits per heavy atom. The number of rotatable bonds is 6. The van der Waals surface area contributed by atoms with E-state index < -0.39 is 12.1 Å². The quantitative estimate of drug-likeness (QED) is 0.804. The van der Waals surface area contributed by atoms with Crippen LogP contribution in [0.15, 0.2) is 48.5 Å². The second kappa shape index (κ2) is 8.36. The number of hydrogen-bond donors (Lipinski definition) is 1. The predicted octanol–water partition coefficient (Wildman–Crippen LogP) is 3.92. The first-order valence-corrected chi connectivity index (χ1v) is 7.83. The lowest BCUT2D eigenvalue weighted by Gasteiger charge is -2.18. The summed E-state index contributed by atoms with van der Waals surface area (Å²) in [5, 5.41) is 3.02. The van der Waals surface area contributed by atoms with Crippen molar-refractivity contribution in [3.8, 4) is 5.75 Å². The summed E-state index contributed by atoms with van der Waals surface area (Å²) in [5.74, 6) is -0.242. The van der Waals surface area contributed by atoms with Gasteiger partial charge in [0.1, 0.15) is 5.75 Å². The van der Waals surface area contributed by atoms with Crippen molar-refractivity contribution in [1.29, 1.82) is 0 Å². The SMILES string of the molecule is CC[C@H](Oc1ccccc1)C(=O)Nc1cc(C(=O)OC)ccc1Cl. The second-order valence-corrected chi connectivity index (χ2v) is 5.41. The lowest BCUT2D eigenvalue weighted by Crippen LogP contribution is -2.32. The molecule has 0 fully saturated rings. The lowest BCUT2D eigenvalue weighted by molar-refractivity contribution is -0.122. The normalized spacial score (nSPS) is 11.5. The van der Waals surface area contributed by atoms with Gasteiger partial charge in [-0.3, -0.25) is 4.79 Å². The molecule has 126 valence electrons. The second-order valence-electron chi connectivity index (χ2n) is 5.00. The van der Waals surface area contributed by atoms with Crippen LogP contribution in [0, 0.1) is 0 Å². The molecule has 1 atom stereocenters. The van der Waals surface area contributed by atoms with Gasteiger partial charge in [0.15, 0.2) is 6.10 Å². The molecule has 0 aliphatic rings. The summed E-state index contributed by atoms with van der Waals surface area (Å²) in [6.45, 7) is 1.85. The Morgan fingerprint density at radius 2 is 1.88 bits per heavy atom. The molecule has 24 heavy (non-hydrogen) atoms. The first-order valence-electron chi connectivity index (χ1n) is 7.45. The van der Waals surface area contributed by atoms with Crippen LogP contribution in [0.2, 0.25) is 5.02 Å². The van der Waals surface area contributed by atoms with Gasteiger partial charge in [0.2, 0.25) is 0 Å². The zero-order chi connectivity index (χ0) is 17.5. The molecule has 5 nitrogen and oxygen atoms in total. The van der Waals surface area contributed by atoms with E-state index in [0.717, 1.165) is 0 Å². The maximum Gasteiger partial charge on any atom is 0.337 e. The highest BCUT2D eigenvalue weighted by Crippen LogP contribution is 2.24. The number of halogens is 1. The van der Waals surface area contributed by atoms with Crippen LogP contribution in [0.4, 0.5) is 5.69 Å².